The maximum atomic E-state index is 14.3. The summed E-state index contributed by atoms with van der Waals surface area (Å²) in [5.41, 5.74) is 1.32. The maximum Gasteiger partial charge on any atom is 0.237 e. The second kappa shape index (κ2) is 8.14. The van der Waals surface area contributed by atoms with Crippen molar-refractivity contribution in [3.05, 3.63) is 60.4 Å². The third-order valence-corrected chi connectivity index (χ3v) is 5.63. The molecule has 0 N–H and O–H groups in total. The third-order valence-electron chi connectivity index (χ3n) is 4.70. The molecule has 5 nitrogen and oxygen atoms in total. The quantitative estimate of drug-likeness (QED) is 0.549. The SMILES string of the molecule is CCN(C(=O)CSc1nnc(-c2ccccc2F)n1C1CC1)c1ccccc1. The minimum Gasteiger partial charge on any atom is -0.312 e. The predicted molar refractivity (Wildman–Crippen MR) is 109 cm³/mol. The molecule has 0 unspecified atom stereocenters. The molecule has 1 aromatic heterocycles. The van der Waals surface area contributed by atoms with Gasteiger partial charge in [-0.15, -0.1) is 10.2 Å². The maximum absolute atomic E-state index is 14.3. The Labute approximate surface area is 167 Å². The number of anilines is 1. The van der Waals surface area contributed by atoms with Crippen LogP contribution in [0.5, 0.6) is 0 Å². The first-order valence-corrected chi connectivity index (χ1v) is 10.4. The number of aromatic nitrogens is 3. The molecule has 0 saturated heterocycles. The minimum absolute atomic E-state index is 0.0106. The van der Waals surface area contributed by atoms with E-state index in [2.05, 4.69) is 10.2 Å². The van der Waals surface area contributed by atoms with Gasteiger partial charge in [0.2, 0.25) is 5.91 Å². The van der Waals surface area contributed by atoms with Crippen molar-refractivity contribution in [3.8, 4) is 11.4 Å². The van der Waals surface area contributed by atoms with Gasteiger partial charge in [0.1, 0.15) is 5.82 Å². The van der Waals surface area contributed by atoms with Crippen molar-refractivity contribution in [1.82, 2.24) is 14.8 Å². The monoisotopic (exact) mass is 396 g/mol. The van der Waals surface area contributed by atoms with E-state index in [1.54, 1.807) is 23.1 Å². The highest BCUT2D eigenvalue weighted by molar-refractivity contribution is 7.99. The summed E-state index contributed by atoms with van der Waals surface area (Å²) in [6.07, 6.45) is 2.04. The van der Waals surface area contributed by atoms with Gasteiger partial charge in [-0.3, -0.25) is 9.36 Å². The number of hydrogen-bond donors (Lipinski definition) is 0. The Hall–Kier alpha value is -2.67. The molecule has 0 aliphatic heterocycles. The van der Waals surface area contributed by atoms with E-state index in [9.17, 15) is 9.18 Å². The number of halogens is 1. The van der Waals surface area contributed by atoms with Gasteiger partial charge in [0.05, 0.1) is 11.3 Å². The van der Waals surface area contributed by atoms with E-state index in [0.29, 0.717) is 23.1 Å². The lowest BCUT2D eigenvalue weighted by molar-refractivity contribution is -0.116. The molecule has 2 aromatic carbocycles. The summed E-state index contributed by atoms with van der Waals surface area (Å²) in [5.74, 6) is 0.485. The van der Waals surface area contributed by atoms with E-state index in [0.717, 1.165) is 18.5 Å². The molecule has 3 aromatic rings. The van der Waals surface area contributed by atoms with Gasteiger partial charge in [0, 0.05) is 18.3 Å². The Morgan fingerprint density at radius 3 is 2.54 bits per heavy atom. The highest BCUT2D eigenvalue weighted by Crippen LogP contribution is 2.41. The van der Waals surface area contributed by atoms with Gasteiger partial charge in [-0.05, 0) is 44.0 Å². The molecule has 1 aliphatic carbocycles. The number of hydrogen-bond acceptors (Lipinski definition) is 4. The number of amides is 1. The van der Waals surface area contributed by atoms with Crippen LogP contribution in [0.3, 0.4) is 0 Å². The summed E-state index contributed by atoms with van der Waals surface area (Å²) >= 11 is 1.36. The number of benzene rings is 2. The summed E-state index contributed by atoms with van der Waals surface area (Å²) in [6, 6.07) is 16.5. The highest BCUT2D eigenvalue weighted by Gasteiger charge is 2.31. The van der Waals surface area contributed by atoms with Crippen molar-refractivity contribution in [1.29, 1.82) is 0 Å². The Morgan fingerprint density at radius 1 is 1.14 bits per heavy atom. The fraction of sp³-hybridized carbons (Fsp3) is 0.286. The van der Waals surface area contributed by atoms with E-state index < -0.39 is 0 Å². The van der Waals surface area contributed by atoms with Crippen molar-refractivity contribution < 1.29 is 9.18 Å². The number of para-hydroxylation sites is 1. The number of thioether (sulfide) groups is 1. The number of carbonyl (C=O) groups excluding carboxylic acids is 1. The molecule has 144 valence electrons. The fourth-order valence-corrected chi connectivity index (χ4v) is 4.06. The van der Waals surface area contributed by atoms with Crippen molar-refractivity contribution in [3.63, 3.8) is 0 Å². The Balaban J connectivity index is 1.54. The molecule has 1 amide bonds. The average molecular weight is 396 g/mol. The molecule has 0 radical (unpaired) electrons. The van der Waals surface area contributed by atoms with Crippen LogP contribution in [0, 0.1) is 5.82 Å². The molecule has 4 rings (SSSR count). The van der Waals surface area contributed by atoms with Crippen LogP contribution in [0.4, 0.5) is 10.1 Å². The van der Waals surface area contributed by atoms with Crippen molar-refractivity contribution in [2.45, 2.75) is 31.0 Å². The van der Waals surface area contributed by atoms with Crippen LogP contribution in [0.25, 0.3) is 11.4 Å². The van der Waals surface area contributed by atoms with Crippen molar-refractivity contribution in [2.75, 3.05) is 17.2 Å². The molecule has 1 heterocycles. The summed E-state index contributed by atoms with van der Waals surface area (Å²) in [5, 5.41) is 9.17. The summed E-state index contributed by atoms with van der Waals surface area (Å²) < 4.78 is 16.2. The van der Waals surface area contributed by atoms with Crippen molar-refractivity contribution >= 4 is 23.4 Å². The second-order valence-corrected chi connectivity index (χ2v) is 7.59. The van der Waals surface area contributed by atoms with Gasteiger partial charge in [-0.25, -0.2) is 4.39 Å². The van der Waals surface area contributed by atoms with E-state index in [1.165, 1.54) is 17.8 Å². The molecule has 0 spiro atoms. The standard InChI is InChI=1S/C21H21FN4OS/c1-2-25(15-8-4-3-5-9-15)19(27)14-28-21-24-23-20(26(21)16-12-13-16)17-10-6-7-11-18(17)22/h3-11,16H,2,12-14H2,1H3. The molecular weight excluding hydrogens is 375 g/mol. The average Bonchev–Trinajstić information content (AvgIpc) is 3.47. The molecule has 1 fully saturated rings. The Morgan fingerprint density at radius 2 is 1.86 bits per heavy atom. The smallest absolute Gasteiger partial charge is 0.237 e. The van der Waals surface area contributed by atoms with Crippen LogP contribution < -0.4 is 4.90 Å². The molecule has 0 atom stereocenters. The largest absolute Gasteiger partial charge is 0.312 e. The number of rotatable bonds is 7. The van der Waals surface area contributed by atoms with Crippen LogP contribution in [-0.2, 0) is 4.79 Å². The first kappa shape index (κ1) is 18.7. The summed E-state index contributed by atoms with van der Waals surface area (Å²) in [4.78, 5) is 14.5. The Kier molecular flexibility index (Phi) is 5.43. The van der Waals surface area contributed by atoms with Crippen LogP contribution in [0.1, 0.15) is 25.8 Å². The van der Waals surface area contributed by atoms with Gasteiger partial charge >= 0.3 is 0 Å². The molecule has 1 aliphatic rings. The second-order valence-electron chi connectivity index (χ2n) is 6.65. The lowest BCUT2D eigenvalue weighted by Crippen LogP contribution is -2.32. The highest BCUT2D eigenvalue weighted by atomic mass is 32.2. The van der Waals surface area contributed by atoms with Gasteiger partial charge in [-0.2, -0.15) is 0 Å². The van der Waals surface area contributed by atoms with Crippen LogP contribution in [0.2, 0.25) is 0 Å². The van der Waals surface area contributed by atoms with Crippen LogP contribution in [0.15, 0.2) is 59.8 Å². The third kappa shape index (κ3) is 3.80. The molecule has 0 bridgehead atoms. The number of nitrogens with zero attached hydrogens (tertiary/aromatic N) is 4. The van der Waals surface area contributed by atoms with Gasteiger partial charge in [0.15, 0.2) is 11.0 Å². The van der Waals surface area contributed by atoms with E-state index in [-0.39, 0.29) is 23.5 Å². The van der Waals surface area contributed by atoms with Crippen LogP contribution >= 0.6 is 11.8 Å². The zero-order valence-electron chi connectivity index (χ0n) is 15.6. The molecule has 1 saturated carbocycles. The lowest BCUT2D eigenvalue weighted by atomic mass is 10.2. The van der Waals surface area contributed by atoms with E-state index in [4.69, 9.17) is 0 Å². The summed E-state index contributed by atoms with van der Waals surface area (Å²) in [6.45, 7) is 2.55. The minimum atomic E-state index is -0.314. The number of carbonyl (C=O) groups is 1. The fourth-order valence-electron chi connectivity index (χ4n) is 3.18. The first-order valence-electron chi connectivity index (χ1n) is 9.37. The van der Waals surface area contributed by atoms with Crippen LogP contribution in [-0.4, -0.2) is 33.0 Å². The van der Waals surface area contributed by atoms with E-state index >= 15 is 0 Å². The van der Waals surface area contributed by atoms with Gasteiger partial charge in [0.25, 0.3) is 0 Å². The topological polar surface area (TPSA) is 51.0 Å². The molecule has 7 heteroatoms. The summed E-state index contributed by atoms with van der Waals surface area (Å²) in [7, 11) is 0. The Bertz CT molecular complexity index is 972. The van der Waals surface area contributed by atoms with E-state index in [1.807, 2.05) is 41.8 Å². The first-order chi connectivity index (χ1) is 13.7. The predicted octanol–water partition coefficient (Wildman–Crippen LogP) is 4.56. The van der Waals surface area contributed by atoms with Gasteiger partial charge in [-0.1, -0.05) is 42.1 Å². The molecular formula is C21H21FN4OS. The zero-order chi connectivity index (χ0) is 19.5. The van der Waals surface area contributed by atoms with Gasteiger partial charge < -0.3 is 4.90 Å². The lowest BCUT2D eigenvalue weighted by Gasteiger charge is -2.20. The van der Waals surface area contributed by atoms with Crippen molar-refractivity contribution in [2.24, 2.45) is 0 Å². The zero-order valence-corrected chi connectivity index (χ0v) is 16.4. The normalized spacial score (nSPS) is 13.5. The molecule has 28 heavy (non-hydrogen) atoms.